The van der Waals surface area contributed by atoms with E-state index in [1.165, 1.54) is 10.6 Å². The standard InChI is InChI=1S/C21H16ClF3N4O2S/c1-9-8-28(5-4-26-9)18-13(25)7-11-17(16(18)22)29(14-3-2-10(23)6-12(14)24)21-15(19(11)30)20(31)27-32-21/h2-3,6-7,9,26H,4-5,8H2,1H3,(H,27,31). The van der Waals surface area contributed by atoms with E-state index in [4.69, 9.17) is 11.6 Å². The van der Waals surface area contributed by atoms with Gasteiger partial charge in [0.25, 0.3) is 5.56 Å². The van der Waals surface area contributed by atoms with Crippen molar-refractivity contribution in [3.05, 3.63) is 67.3 Å². The lowest BCUT2D eigenvalue weighted by molar-refractivity contribution is 0.479. The molecule has 2 N–H and O–H groups in total. The van der Waals surface area contributed by atoms with Crippen LogP contribution in [0.5, 0.6) is 0 Å². The van der Waals surface area contributed by atoms with Gasteiger partial charge in [-0.1, -0.05) is 11.6 Å². The Morgan fingerprint density at radius 2 is 1.94 bits per heavy atom. The molecule has 1 aliphatic heterocycles. The molecule has 1 fully saturated rings. The van der Waals surface area contributed by atoms with E-state index in [-0.39, 0.29) is 43.6 Å². The van der Waals surface area contributed by atoms with E-state index in [0.717, 1.165) is 23.7 Å². The highest BCUT2D eigenvalue weighted by Gasteiger charge is 2.27. The first-order valence-corrected chi connectivity index (χ1v) is 11.0. The summed E-state index contributed by atoms with van der Waals surface area (Å²) in [6.45, 7) is 3.49. The van der Waals surface area contributed by atoms with E-state index < -0.39 is 28.4 Å². The minimum Gasteiger partial charge on any atom is -0.365 e. The molecule has 3 heterocycles. The fraction of sp³-hybridized carbons (Fsp3) is 0.238. The van der Waals surface area contributed by atoms with Crippen LogP contribution >= 0.6 is 23.1 Å². The number of aromatic amines is 1. The quantitative estimate of drug-likeness (QED) is 0.458. The van der Waals surface area contributed by atoms with Gasteiger partial charge in [-0.3, -0.25) is 18.5 Å². The summed E-state index contributed by atoms with van der Waals surface area (Å²) in [7, 11) is 0. The number of pyridine rings is 1. The van der Waals surface area contributed by atoms with Gasteiger partial charge in [-0.15, -0.1) is 0 Å². The SMILES string of the molecule is CC1CN(c2c(F)cc3c(=O)c4c(=O)[nH]sc4n(-c4ccc(F)cc4F)c3c2Cl)CCN1. The highest BCUT2D eigenvalue weighted by Crippen LogP contribution is 2.39. The van der Waals surface area contributed by atoms with Gasteiger partial charge in [0, 0.05) is 31.7 Å². The van der Waals surface area contributed by atoms with Gasteiger partial charge in [0.15, 0.2) is 0 Å². The minimum absolute atomic E-state index is 0.0486. The van der Waals surface area contributed by atoms with Crippen LogP contribution in [0.2, 0.25) is 5.02 Å². The lowest BCUT2D eigenvalue weighted by atomic mass is 10.1. The summed E-state index contributed by atoms with van der Waals surface area (Å²) in [5, 5.41) is 2.76. The second-order valence-electron chi connectivity index (χ2n) is 7.69. The van der Waals surface area contributed by atoms with Gasteiger partial charge in [-0.05, 0) is 36.7 Å². The third-order valence-corrected chi connectivity index (χ3v) is 6.81. The van der Waals surface area contributed by atoms with Crippen molar-refractivity contribution >= 4 is 49.9 Å². The molecular weight excluding hydrogens is 465 g/mol. The zero-order chi connectivity index (χ0) is 22.7. The van der Waals surface area contributed by atoms with E-state index in [1.54, 1.807) is 4.90 Å². The van der Waals surface area contributed by atoms with Crippen molar-refractivity contribution in [3.63, 3.8) is 0 Å². The number of H-pyrrole nitrogens is 1. The van der Waals surface area contributed by atoms with E-state index in [1.807, 2.05) is 6.92 Å². The number of benzene rings is 2. The number of piperazine rings is 1. The zero-order valence-electron chi connectivity index (χ0n) is 16.6. The Morgan fingerprint density at radius 1 is 1.16 bits per heavy atom. The summed E-state index contributed by atoms with van der Waals surface area (Å²) in [5.74, 6) is -2.43. The molecule has 4 aromatic rings. The van der Waals surface area contributed by atoms with Gasteiger partial charge < -0.3 is 10.2 Å². The fourth-order valence-corrected chi connectivity index (χ4v) is 5.45. The number of nitrogens with zero attached hydrogens (tertiary/aromatic N) is 2. The molecule has 0 spiro atoms. The Bertz CT molecular complexity index is 1510. The van der Waals surface area contributed by atoms with Crippen LogP contribution in [0.1, 0.15) is 6.92 Å². The summed E-state index contributed by atoms with van der Waals surface area (Å²) < 4.78 is 47.5. The maximum Gasteiger partial charge on any atom is 0.271 e. The van der Waals surface area contributed by atoms with Crippen molar-refractivity contribution in [3.8, 4) is 5.69 Å². The number of halogens is 4. The predicted octanol–water partition coefficient (Wildman–Crippen LogP) is 3.76. The van der Waals surface area contributed by atoms with Crippen LogP contribution < -0.4 is 21.2 Å². The first kappa shape index (κ1) is 21.0. The zero-order valence-corrected chi connectivity index (χ0v) is 18.2. The molecule has 1 saturated heterocycles. The number of nitrogens with one attached hydrogen (secondary N) is 2. The van der Waals surface area contributed by atoms with Gasteiger partial charge in [0.2, 0.25) is 5.43 Å². The van der Waals surface area contributed by atoms with Crippen molar-refractivity contribution in [2.75, 3.05) is 24.5 Å². The Kier molecular flexibility index (Phi) is 5.03. The van der Waals surface area contributed by atoms with Crippen LogP contribution in [0.4, 0.5) is 18.9 Å². The van der Waals surface area contributed by atoms with Crippen LogP contribution in [0.15, 0.2) is 33.9 Å². The second-order valence-corrected chi connectivity index (χ2v) is 8.86. The molecule has 2 aromatic heterocycles. The molecule has 1 aliphatic rings. The van der Waals surface area contributed by atoms with E-state index in [0.29, 0.717) is 25.7 Å². The van der Waals surface area contributed by atoms with Gasteiger partial charge in [0.1, 0.15) is 27.7 Å². The average molecular weight is 481 g/mol. The Hall–Kier alpha value is -2.82. The monoisotopic (exact) mass is 480 g/mol. The first-order valence-electron chi connectivity index (χ1n) is 9.79. The first-order chi connectivity index (χ1) is 15.3. The molecule has 0 amide bonds. The molecule has 0 saturated carbocycles. The third kappa shape index (κ3) is 3.13. The highest BCUT2D eigenvalue weighted by molar-refractivity contribution is 7.12. The number of hydrogen-bond acceptors (Lipinski definition) is 5. The number of rotatable bonds is 2. The lowest BCUT2D eigenvalue weighted by Gasteiger charge is -2.34. The van der Waals surface area contributed by atoms with E-state index in [9.17, 15) is 18.4 Å². The van der Waals surface area contributed by atoms with Crippen LogP contribution in [0.25, 0.3) is 26.8 Å². The summed E-state index contributed by atoms with van der Waals surface area (Å²) in [5.41, 5.74) is -1.37. The number of hydrogen-bond donors (Lipinski definition) is 2. The second kappa shape index (κ2) is 7.65. The molecule has 2 aromatic carbocycles. The van der Waals surface area contributed by atoms with Gasteiger partial charge in [0.05, 0.1) is 27.3 Å². The van der Waals surface area contributed by atoms with Gasteiger partial charge >= 0.3 is 0 Å². The molecule has 0 radical (unpaired) electrons. The Labute approximate surface area is 188 Å². The molecule has 1 atom stereocenters. The van der Waals surface area contributed by atoms with Crippen LogP contribution in [-0.2, 0) is 0 Å². The Morgan fingerprint density at radius 3 is 2.66 bits per heavy atom. The summed E-state index contributed by atoms with van der Waals surface area (Å²) in [4.78, 5) is 27.3. The lowest BCUT2D eigenvalue weighted by Crippen LogP contribution is -2.49. The predicted molar refractivity (Wildman–Crippen MR) is 120 cm³/mol. The summed E-state index contributed by atoms with van der Waals surface area (Å²) in [6, 6.07) is 4.03. The molecule has 166 valence electrons. The van der Waals surface area contributed by atoms with Crippen molar-refractivity contribution in [1.29, 1.82) is 0 Å². The summed E-state index contributed by atoms with van der Waals surface area (Å²) in [6.07, 6.45) is 0. The molecule has 11 heteroatoms. The Balaban J connectivity index is 1.95. The van der Waals surface area contributed by atoms with Gasteiger partial charge in [-0.25, -0.2) is 13.2 Å². The summed E-state index contributed by atoms with van der Waals surface area (Å²) >= 11 is 7.52. The molecule has 5 rings (SSSR count). The molecule has 6 nitrogen and oxygen atoms in total. The molecule has 32 heavy (non-hydrogen) atoms. The average Bonchev–Trinajstić information content (AvgIpc) is 3.12. The normalized spacial score (nSPS) is 16.9. The number of anilines is 1. The minimum atomic E-state index is -0.921. The molecule has 1 unspecified atom stereocenters. The maximum atomic E-state index is 15.3. The van der Waals surface area contributed by atoms with Crippen molar-refractivity contribution in [2.24, 2.45) is 0 Å². The van der Waals surface area contributed by atoms with Crippen LogP contribution in [-0.4, -0.2) is 34.6 Å². The number of fused-ring (bicyclic) bond motifs is 2. The molecular formula is C21H16ClF3N4O2S. The third-order valence-electron chi connectivity index (χ3n) is 5.58. The highest BCUT2D eigenvalue weighted by atomic mass is 35.5. The topological polar surface area (TPSA) is 70.1 Å². The fourth-order valence-electron chi connectivity index (χ4n) is 4.20. The van der Waals surface area contributed by atoms with Crippen molar-refractivity contribution in [2.45, 2.75) is 13.0 Å². The molecule has 0 bridgehead atoms. The van der Waals surface area contributed by atoms with Crippen molar-refractivity contribution < 1.29 is 13.2 Å². The maximum absolute atomic E-state index is 15.3. The van der Waals surface area contributed by atoms with Crippen molar-refractivity contribution in [1.82, 2.24) is 14.3 Å². The van der Waals surface area contributed by atoms with E-state index in [2.05, 4.69) is 9.69 Å². The van der Waals surface area contributed by atoms with Crippen LogP contribution in [0, 0.1) is 17.5 Å². The number of aromatic nitrogens is 2. The van der Waals surface area contributed by atoms with E-state index >= 15 is 4.39 Å². The largest absolute Gasteiger partial charge is 0.365 e. The smallest absolute Gasteiger partial charge is 0.271 e. The van der Waals surface area contributed by atoms with Crippen LogP contribution in [0.3, 0.4) is 0 Å². The molecule has 0 aliphatic carbocycles. The van der Waals surface area contributed by atoms with Gasteiger partial charge in [-0.2, -0.15) is 0 Å².